The van der Waals surface area contributed by atoms with Crippen molar-refractivity contribution in [3.8, 4) is 6.01 Å². The molecule has 0 amide bonds. The zero-order chi connectivity index (χ0) is 18.9. The van der Waals surface area contributed by atoms with Gasteiger partial charge in [0.15, 0.2) is 0 Å². The van der Waals surface area contributed by atoms with E-state index in [1.54, 1.807) is 36.8 Å². The van der Waals surface area contributed by atoms with Gasteiger partial charge in [-0.25, -0.2) is 18.4 Å². The summed E-state index contributed by atoms with van der Waals surface area (Å²) in [6.45, 7) is 0.706. The maximum absolute atomic E-state index is 13.2. The molecule has 0 aliphatic carbocycles. The second-order valence-electron chi connectivity index (χ2n) is 6.26. The lowest BCUT2D eigenvalue weighted by Crippen LogP contribution is -2.44. The third-order valence-electron chi connectivity index (χ3n) is 4.42. The van der Waals surface area contributed by atoms with Crippen molar-refractivity contribution in [2.45, 2.75) is 23.8 Å². The monoisotopic (exact) mass is 448 g/mol. The van der Waals surface area contributed by atoms with Crippen molar-refractivity contribution in [1.29, 1.82) is 0 Å². The Bertz CT molecular complexity index is 1050. The molecule has 3 aromatic rings. The minimum atomic E-state index is -3.68. The van der Waals surface area contributed by atoms with Crippen molar-refractivity contribution in [2.24, 2.45) is 0 Å². The lowest BCUT2D eigenvalue weighted by atomic mass is 10.1. The number of hydrogen-bond donors (Lipinski definition) is 0. The van der Waals surface area contributed by atoms with Crippen molar-refractivity contribution in [1.82, 2.24) is 19.3 Å². The normalized spacial score (nSPS) is 18.5. The summed E-state index contributed by atoms with van der Waals surface area (Å²) in [5.74, 6) is 0. The highest BCUT2D eigenvalue weighted by Gasteiger charge is 2.32. The highest BCUT2D eigenvalue weighted by atomic mass is 79.9. The molecule has 1 atom stereocenters. The van der Waals surface area contributed by atoms with Gasteiger partial charge in [-0.1, -0.05) is 18.2 Å². The van der Waals surface area contributed by atoms with Gasteiger partial charge in [0, 0.05) is 30.5 Å². The second kappa shape index (κ2) is 7.49. The molecule has 0 N–H and O–H groups in total. The lowest BCUT2D eigenvalue weighted by molar-refractivity contribution is 0.119. The number of hydrogen-bond acceptors (Lipinski definition) is 6. The van der Waals surface area contributed by atoms with Gasteiger partial charge in [0.05, 0.1) is 16.5 Å². The molecule has 4 rings (SSSR count). The van der Waals surface area contributed by atoms with Crippen LogP contribution in [0.25, 0.3) is 10.9 Å². The van der Waals surface area contributed by atoms with Gasteiger partial charge in [-0.2, -0.15) is 4.31 Å². The van der Waals surface area contributed by atoms with Gasteiger partial charge in [0.25, 0.3) is 0 Å². The van der Waals surface area contributed by atoms with Crippen LogP contribution >= 0.6 is 15.9 Å². The number of fused-ring (bicyclic) bond motifs is 1. The lowest BCUT2D eigenvalue weighted by Gasteiger charge is -2.31. The predicted molar refractivity (Wildman–Crippen MR) is 104 cm³/mol. The number of sulfonamides is 1. The molecule has 1 unspecified atom stereocenters. The summed E-state index contributed by atoms with van der Waals surface area (Å²) in [5.41, 5.74) is 0.485. The number of ether oxygens (including phenoxy) is 1. The van der Waals surface area contributed by atoms with Crippen molar-refractivity contribution >= 4 is 36.9 Å². The van der Waals surface area contributed by atoms with Gasteiger partial charge in [0.2, 0.25) is 10.0 Å². The minimum absolute atomic E-state index is 0.223. The summed E-state index contributed by atoms with van der Waals surface area (Å²) in [7, 11) is -3.68. The average Bonchev–Trinajstić information content (AvgIpc) is 2.69. The molecule has 3 heterocycles. The third-order valence-corrected chi connectivity index (χ3v) is 6.73. The van der Waals surface area contributed by atoms with Crippen molar-refractivity contribution < 1.29 is 13.2 Å². The summed E-state index contributed by atoms with van der Waals surface area (Å²) in [5, 5.41) is 0.798. The average molecular weight is 449 g/mol. The molecule has 1 aliphatic heterocycles. The Kier molecular flexibility index (Phi) is 5.07. The molecule has 7 nitrogen and oxygen atoms in total. The van der Waals surface area contributed by atoms with E-state index in [4.69, 9.17) is 4.74 Å². The smallest absolute Gasteiger partial charge is 0.316 e. The fourth-order valence-corrected chi connectivity index (χ4v) is 5.03. The fourth-order valence-electron chi connectivity index (χ4n) is 3.15. The van der Waals surface area contributed by atoms with Crippen molar-refractivity contribution in [3.05, 3.63) is 53.4 Å². The van der Waals surface area contributed by atoms with E-state index in [0.717, 1.165) is 16.3 Å². The van der Waals surface area contributed by atoms with Crippen LogP contribution < -0.4 is 4.74 Å². The first kappa shape index (κ1) is 18.3. The molecule has 0 radical (unpaired) electrons. The van der Waals surface area contributed by atoms with E-state index in [2.05, 4.69) is 30.9 Å². The van der Waals surface area contributed by atoms with E-state index in [-0.39, 0.29) is 23.6 Å². The molecule has 1 aliphatic rings. The first-order valence-electron chi connectivity index (χ1n) is 8.52. The highest BCUT2D eigenvalue weighted by molar-refractivity contribution is 9.10. The van der Waals surface area contributed by atoms with Crippen LogP contribution in [0.1, 0.15) is 12.8 Å². The summed E-state index contributed by atoms with van der Waals surface area (Å²) in [4.78, 5) is 12.7. The maximum atomic E-state index is 13.2. The third kappa shape index (κ3) is 3.80. The van der Waals surface area contributed by atoms with Gasteiger partial charge < -0.3 is 4.74 Å². The number of pyridine rings is 1. The molecule has 9 heteroatoms. The van der Waals surface area contributed by atoms with Crippen LogP contribution in [0.2, 0.25) is 0 Å². The summed E-state index contributed by atoms with van der Waals surface area (Å²) < 4.78 is 34.5. The number of nitrogens with zero attached hydrogens (tertiary/aromatic N) is 4. The van der Waals surface area contributed by atoms with Gasteiger partial charge >= 0.3 is 6.01 Å². The molecular formula is C18H17BrN4O3S. The minimum Gasteiger partial charge on any atom is -0.459 e. The number of para-hydroxylation sites is 1. The topological polar surface area (TPSA) is 85.3 Å². The fraction of sp³-hybridized carbons (Fsp3) is 0.278. The molecule has 1 fully saturated rings. The molecule has 1 saturated heterocycles. The molecule has 2 aromatic heterocycles. The molecular weight excluding hydrogens is 432 g/mol. The molecule has 0 bridgehead atoms. The SMILES string of the molecule is O=S(=O)(c1cccc2cccnc12)N1CCCC(Oc2ncc(Br)cn2)C1. The Morgan fingerprint density at radius 1 is 1.11 bits per heavy atom. The van der Waals surface area contributed by atoms with E-state index in [1.807, 2.05) is 12.1 Å². The molecule has 0 spiro atoms. The van der Waals surface area contributed by atoms with Crippen molar-refractivity contribution in [3.63, 3.8) is 0 Å². The Morgan fingerprint density at radius 3 is 2.70 bits per heavy atom. The first-order valence-corrected chi connectivity index (χ1v) is 10.8. The quantitative estimate of drug-likeness (QED) is 0.609. The zero-order valence-corrected chi connectivity index (χ0v) is 16.7. The van der Waals surface area contributed by atoms with Crippen molar-refractivity contribution in [2.75, 3.05) is 13.1 Å². The van der Waals surface area contributed by atoms with E-state index in [9.17, 15) is 8.42 Å². The maximum Gasteiger partial charge on any atom is 0.316 e. The number of piperidine rings is 1. The summed E-state index contributed by atoms with van der Waals surface area (Å²) in [6, 6.07) is 9.09. The van der Waals surface area contributed by atoms with Crippen LogP contribution in [-0.4, -0.2) is 46.9 Å². The Balaban J connectivity index is 1.59. The standard InChI is InChI=1S/C18H17BrN4O3S/c19-14-10-21-18(22-11-14)26-15-6-3-9-23(12-15)27(24,25)16-7-1-4-13-5-2-8-20-17(13)16/h1-2,4-5,7-8,10-11,15H,3,6,9,12H2. The van der Waals surface area contributed by atoms with E-state index >= 15 is 0 Å². The molecule has 0 saturated carbocycles. The zero-order valence-electron chi connectivity index (χ0n) is 14.3. The highest BCUT2D eigenvalue weighted by Crippen LogP contribution is 2.27. The number of halogens is 1. The van der Waals surface area contributed by atoms with Crippen LogP contribution in [0.15, 0.2) is 58.3 Å². The Labute approximate surface area is 165 Å². The summed E-state index contributed by atoms with van der Waals surface area (Å²) >= 11 is 3.28. The van der Waals surface area contributed by atoms with Crippen LogP contribution in [0.4, 0.5) is 0 Å². The second-order valence-corrected chi connectivity index (χ2v) is 9.08. The van der Waals surface area contributed by atoms with E-state index in [1.165, 1.54) is 4.31 Å². The van der Waals surface area contributed by atoms with Crippen LogP contribution in [0.5, 0.6) is 6.01 Å². The van der Waals surface area contributed by atoms with Gasteiger partial charge in [-0.05, 0) is 40.9 Å². The van der Waals surface area contributed by atoms with E-state index in [0.29, 0.717) is 18.5 Å². The number of benzene rings is 1. The Hall–Kier alpha value is -2.10. The first-order chi connectivity index (χ1) is 13.0. The van der Waals surface area contributed by atoms with Crippen LogP contribution in [0.3, 0.4) is 0 Å². The molecule has 27 heavy (non-hydrogen) atoms. The number of rotatable bonds is 4. The molecule has 140 valence electrons. The van der Waals surface area contributed by atoms with E-state index < -0.39 is 10.0 Å². The van der Waals surface area contributed by atoms with Crippen LogP contribution in [0, 0.1) is 0 Å². The number of aromatic nitrogens is 3. The van der Waals surface area contributed by atoms with Gasteiger partial charge in [0.1, 0.15) is 11.0 Å². The predicted octanol–water partition coefficient (Wildman–Crippen LogP) is 3.02. The van der Waals surface area contributed by atoms with Crippen LogP contribution in [-0.2, 0) is 10.0 Å². The summed E-state index contributed by atoms with van der Waals surface area (Å²) in [6.07, 6.45) is 5.97. The largest absolute Gasteiger partial charge is 0.459 e. The Morgan fingerprint density at radius 2 is 1.89 bits per heavy atom. The van der Waals surface area contributed by atoms with Gasteiger partial charge in [-0.3, -0.25) is 4.98 Å². The van der Waals surface area contributed by atoms with Gasteiger partial charge in [-0.15, -0.1) is 0 Å². The molecule has 1 aromatic carbocycles.